The zero-order valence-corrected chi connectivity index (χ0v) is 19.1. The van der Waals surface area contributed by atoms with Crippen LogP contribution in [-0.2, 0) is 4.74 Å². The van der Waals surface area contributed by atoms with Gasteiger partial charge in [-0.2, -0.15) is 0 Å². The molecule has 0 saturated carbocycles. The molecule has 1 aromatic heterocycles. The number of rotatable bonds is 8. The van der Waals surface area contributed by atoms with E-state index in [0.29, 0.717) is 40.5 Å². The van der Waals surface area contributed by atoms with E-state index < -0.39 is 0 Å². The Kier molecular flexibility index (Phi) is 7.33. The molecule has 35 heavy (non-hydrogen) atoms. The Morgan fingerprint density at radius 2 is 1.57 bits per heavy atom. The summed E-state index contributed by atoms with van der Waals surface area (Å²) in [7, 11) is 0. The second-order valence-electron chi connectivity index (χ2n) is 7.60. The number of allylic oxidation sites excluding steroid dienone is 1. The van der Waals surface area contributed by atoms with Gasteiger partial charge in [0.25, 0.3) is 5.91 Å². The molecule has 6 nitrogen and oxygen atoms in total. The number of carbonyl (C=O) groups excluding carboxylic acids is 3. The lowest BCUT2D eigenvalue weighted by Gasteiger charge is -2.06. The maximum atomic E-state index is 12.7. The quantitative estimate of drug-likeness (QED) is 0.188. The lowest BCUT2D eigenvalue weighted by molar-refractivity contribution is 0.0526. The van der Waals surface area contributed by atoms with Gasteiger partial charge < -0.3 is 14.5 Å². The van der Waals surface area contributed by atoms with Crippen LogP contribution in [0.5, 0.6) is 0 Å². The minimum atomic E-state index is -0.371. The molecule has 0 aliphatic heterocycles. The molecule has 1 heterocycles. The number of nitrogens with one attached hydrogen (secondary N) is 1. The van der Waals surface area contributed by atoms with Gasteiger partial charge in [0.05, 0.1) is 12.2 Å². The first-order valence-electron chi connectivity index (χ1n) is 11.1. The highest BCUT2D eigenvalue weighted by atomic mass is 16.5. The number of carbonyl (C=O) groups is 3. The van der Waals surface area contributed by atoms with Crippen LogP contribution in [0, 0.1) is 0 Å². The summed E-state index contributed by atoms with van der Waals surface area (Å²) in [4.78, 5) is 36.8. The van der Waals surface area contributed by atoms with E-state index in [1.165, 1.54) is 6.08 Å². The van der Waals surface area contributed by atoms with Crippen molar-refractivity contribution < 1.29 is 23.5 Å². The zero-order valence-electron chi connectivity index (χ0n) is 19.1. The summed E-state index contributed by atoms with van der Waals surface area (Å²) < 4.78 is 10.8. The van der Waals surface area contributed by atoms with Gasteiger partial charge in [0.2, 0.25) is 0 Å². The van der Waals surface area contributed by atoms with Crippen LogP contribution in [0.2, 0.25) is 0 Å². The molecule has 4 rings (SSSR count). The van der Waals surface area contributed by atoms with Crippen LogP contribution in [0.15, 0.2) is 101 Å². The highest BCUT2D eigenvalue weighted by Crippen LogP contribution is 2.24. The predicted octanol–water partition coefficient (Wildman–Crippen LogP) is 6.27. The fraction of sp³-hybridized carbons (Fsp3) is 0.0690. The van der Waals surface area contributed by atoms with E-state index in [4.69, 9.17) is 9.15 Å². The number of furan rings is 1. The average molecular weight is 466 g/mol. The molecular weight excluding hydrogens is 442 g/mol. The van der Waals surface area contributed by atoms with Crippen molar-refractivity contribution in [2.24, 2.45) is 0 Å². The van der Waals surface area contributed by atoms with E-state index in [1.807, 2.05) is 6.07 Å². The number of benzene rings is 3. The first kappa shape index (κ1) is 23.4. The van der Waals surface area contributed by atoms with Crippen LogP contribution in [0.3, 0.4) is 0 Å². The largest absolute Gasteiger partial charge is 0.462 e. The van der Waals surface area contributed by atoms with Crippen molar-refractivity contribution in [1.82, 2.24) is 0 Å². The molecule has 0 saturated heterocycles. The van der Waals surface area contributed by atoms with Crippen molar-refractivity contribution in [3.05, 3.63) is 120 Å². The molecule has 0 unspecified atom stereocenters. The molecule has 3 aromatic carbocycles. The molecule has 6 heteroatoms. The van der Waals surface area contributed by atoms with E-state index in [0.717, 1.165) is 5.56 Å². The Balaban J connectivity index is 1.41. The second-order valence-corrected chi connectivity index (χ2v) is 7.60. The Hall–Kier alpha value is -4.71. The van der Waals surface area contributed by atoms with Crippen LogP contribution in [0.25, 0.3) is 17.4 Å². The maximum Gasteiger partial charge on any atom is 0.338 e. The van der Waals surface area contributed by atoms with Gasteiger partial charge in [0, 0.05) is 22.4 Å². The summed E-state index contributed by atoms with van der Waals surface area (Å²) in [5.41, 5.74) is 2.77. The van der Waals surface area contributed by atoms with Gasteiger partial charge in [-0.1, -0.05) is 42.5 Å². The summed E-state index contributed by atoms with van der Waals surface area (Å²) >= 11 is 0. The molecule has 0 fully saturated rings. The van der Waals surface area contributed by atoms with E-state index in [1.54, 1.807) is 97.9 Å². The fourth-order valence-corrected chi connectivity index (χ4v) is 3.38. The second kappa shape index (κ2) is 10.9. The lowest BCUT2D eigenvalue weighted by atomic mass is 10.1. The van der Waals surface area contributed by atoms with E-state index >= 15 is 0 Å². The first-order chi connectivity index (χ1) is 17.0. The van der Waals surface area contributed by atoms with E-state index in [-0.39, 0.29) is 17.7 Å². The number of ketones is 1. The number of hydrogen-bond acceptors (Lipinski definition) is 5. The molecule has 0 aliphatic carbocycles. The number of hydrogen-bond donors (Lipinski definition) is 1. The summed E-state index contributed by atoms with van der Waals surface area (Å²) in [5, 5.41) is 2.80. The van der Waals surface area contributed by atoms with Gasteiger partial charge in [-0.15, -0.1) is 0 Å². The molecule has 174 valence electrons. The third kappa shape index (κ3) is 6.00. The zero-order chi connectivity index (χ0) is 24.6. The third-order valence-corrected chi connectivity index (χ3v) is 5.15. The van der Waals surface area contributed by atoms with E-state index in [9.17, 15) is 14.4 Å². The summed E-state index contributed by atoms with van der Waals surface area (Å²) in [5.74, 6) is 0.278. The number of anilines is 1. The van der Waals surface area contributed by atoms with Gasteiger partial charge in [0.15, 0.2) is 5.78 Å². The first-order valence-corrected chi connectivity index (χ1v) is 11.1. The molecule has 0 bridgehead atoms. The van der Waals surface area contributed by atoms with Gasteiger partial charge in [-0.05, 0) is 67.6 Å². The van der Waals surface area contributed by atoms with Crippen molar-refractivity contribution in [3.63, 3.8) is 0 Å². The summed E-state index contributed by atoms with van der Waals surface area (Å²) in [6.45, 7) is 2.08. The average Bonchev–Trinajstić information content (AvgIpc) is 3.37. The fourth-order valence-electron chi connectivity index (χ4n) is 3.38. The Bertz CT molecular complexity index is 1370. The highest BCUT2D eigenvalue weighted by Gasteiger charge is 2.10. The van der Waals surface area contributed by atoms with Crippen molar-refractivity contribution >= 4 is 29.4 Å². The topological polar surface area (TPSA) is 85.6 Å². The summed E-state index contributed by atoms with van der Waals surface area (Å²) in [6.07, 6.45) is 3.01. The molecule has 1 amide bonds. The Labute approximate surface area is 202 Å². The van der Waals surface area contributed by atoms with Crippen LogP contribution in [0.1, 0.15) is 43.8 Å². The van der Waals surface area contributed by atoms with Crippen LogP contribution >= 0.6 is 0 Å². The molecule has 1 N–H and O–H groups in total. The molecule has 0 aliphatic rings. The normalized spacial score (nSPS) is 10.8. The molecule has 4 aromatic rings. The maximum absolute atomic E-state index is 12.7. The number of ether oxygens (including phenoxy) is 1. The standard InChI is InChI=1S/C29H23NO5/c1-2-34-29(33)22-13-11-20(12-14-22)27-18-16-25(35-27)15-17-26(31)23-9-6-10-24(19-23)30-28(32)21-7-4-3-5-8-21/h3-19H,2H2,1H3,(H,30,32)/b17-15+. The van der Waals surface area contributed by atoms with Gasteiger partial charge >= 0.3 is 5.97 Å². The number of esters is 1. The van der Waals surface area contributed by atoms with Crippen molar-refractivity contribution in [3.8, 4) is 11.3 Å². The van der Waals surface area contributed by atoms with Gasteiger partial charge in [-0.25, -0.2) is 4.79 Å². The highest BCUT2D eigenvalue weighted by molar-refractivity contribution is 6.08. The minimum Gasteiger partial charge on any atom is -0.462 e. The Morgan fingerprint density at radius 3 is 2.31 bits per heavy atom. The SMILES string of the molecule is CCOC(=O)c1ccc(-c2ccc(/C=C/C(=O)c3cccc(NC(=O)c4ccccc4)c3)o2)cc1. The summed E-state index contributed by atoms with van der Waals surface area (Å²) in [6, 6.07) is 26.1. The third-order valence-electron chi connectivity index (χ3n) is 5.15. The predicted molar refractivity (Wildman–Crippen MR) is 134 cm³/mol. The van der Waals surface area contributed by atoms with Crippen LogP contribution in [-0.4, -0.2) is 24.3 Å². The molecule has 0 spiro atoms. The minimum absolute atomic E-state index is 0.224. The van der Waals surface area contributed by atoms with Crippen molar-refractivity contribution in [1.29, 1.82) is 0 Å². The van der Waals surface area contributed by atoms with E-state index in [2.05, 4.69) is 5.32 Å². The molecular formula is C29H23NO5. The smallest absolute Gasteiger partial charge is 0.338 e. The number of amides is 1. The van der Waals surface area contributed by atoms with Crippen molar-refractivity contribution in [2.75, 3.05) is 11.9 Å². The van der Waals surface area contributed by atoms with Gasteiger partial charge in [-0.3, -0.25) is 9.59 Å². The lowest BCUT2D eigenvalue weighted by Crippen LogP contribution is -2.12. The molecule has 0 atom stereocenters. The van der Waals surface area contributed by atoms with Crippen LogP contribution in [0.4, 0.5) is 5.69 Å². The van der Waals surface area contributed by atoms with Gasteiger partial charge in [0.1, 0.15) is 11.5 Å². The Morgan fingerprint density at radius 1 is 0.829 bits per heavy atom. The van der Waals surface area contributed by atoms with Crippen molar-refractivity contribution in [2.45, 2.75) is 6.92 Å². The monoisotopic (exact) mass is 465 g/mol. The molecule has 0 radical (unpaired) electrons. The van der Waals surface area contributed by atoms with Crippen LogP contribution < -0.4 is 5.32 Å².